The molecule has 0 bridgehead atoms. The van der Waals surface area contributed by atoms with Crippen LogP contribution in [-0.2, 0) is 4.79 Å². The topological polar surface area (TPSA) is 57.9 Å². The zero-order chi connectivity index (χ0) is 24.1. The number of para-hydroxylation sites is 3. The van der Waals surface area contributed by atoms with Crippen LogP contribution in [0.5, 0.6) is 0 Å². The smallest absolute Gasteiger partial charge is 0.283 e. The summed E-state index contributed by atoms with van der Waals surface area (Å²) in [7, 11) is 1.97. The van der Waals surface area contributed by atoms with E-state index in [2.05, 4.69) is 11.2 Å². The second kappa shape index (κ2) is 8.41. The second-order valence-corrected chi connectivity index (χ2v) is 10.2. The van der Waals surface area contributed by atoms with Gasteiger partial charge in [0.1, 0.15) is 14.2 Å². The number of benzene rings is 3. The molecule has 172 valence electrons. The molecule has 35 heavy (non-hydrogen) atoms. The number of nitrogens with zero attached hydrogens (tertiary/aromatic N) is 4. The maximum atomic E-state index is 13.9. The molecule has 1 aromatic heterocycles. The summed E-state index contributed by atoms with van der Waals surface area (Å²) < 4.78 is 2.82. The molecule has 0 unspecified atom stereocenters. The van der Waals surface area contributed by atoms with Crippen molar-refractivity contribution < 1.29 is 4.79 Å². The Morgan fingerprint density at radius 2 is 1.43 bits per heavy atom. The minimum absolute atomic E-state index is 0.149. The van der Waals surface area contributed by atoms with E-state index in [1.54, 1.807) is 16.3 Å². The van der Waals surface area contributed by atoms with Gasteiger partial charge in [0.05, 0.1) is 28.3 Å². The molecule has 0 atom stereocenters. The number of thioether (sulfide) groups is 1. The number of thiazole rings is 1. The van der Waals surface area contributed by atoms with Gasteiger partial charge in [-0.25, -0.2) is 0 Å². The first-order valence-electron chi connectivity index (χ1n) is 11.1. The van der Waals surface area contributed by atoms with Gasteiger partial charge in [0.15, 0.2) is 0 Å². The number of hydrogen-bond acceptors (Lipinski definition) is 6. The van der Waals surface area contributed by atoms with Gasteiger partial charge in [-0.3, -0.25) is 14.2 Å². The number of rotatable bonds is 2. The molecule has 0 aliphatic carbocycles. The fourth-order valence-corrected chi connectivity index (χ4v) is 6.83. The van der Waals surface area contributed by atoms with Crippen LogP contribution in [0.1, 0.15) is 6.92 Å². The number of carbonyl (C=O) groups is 1. The van der Waals surface area contributed by atoms with E-state index in [0.29, 0.717) is 31.9 Å². The molecule has 0 radical (unpaired) electrons. The molecule has 4 aromatic rings. The Morgan fingerprint density at radius 1 is 0.800 bits per heavy atom. The van der Waals surface area contributed by atoms with Crippen LogP contribution in [-0.4, -0.2) is 23.2 Å². The van der Waals surface area contributed by atoms with Crippen molar-refractivity contribution >= 4 is 56.7 Å². The molecular weight excluding hydrogens is 476 g/mol. The van der Waals surface area contributed by atoms with Crippen molar-refractivity contribution in [2.24, 2.45) is 5.10 Å². The van der Waals surface area contributed by atoms with E-state index >= 15 is 0 Å². The van der Waals surface area contributed by atoms with Crippen LogP contribution in [0.3, 0.4) is 0 Å². The Balaban J connectivity index is 1.65. The monoisotopic (exact) mass is 496 g/mol. The summed E-state index contributed by atoms with van der Waals surface area (Å²) in [5.74, 6) is -0.244. The van der Waals surface area contributed by atoms with Crippen molar-refractivity contribution in [3.63, 3.8) is 0 Å². The molecule has 3 aromatic carbocycles. The molecule has 0 fully saturated rings. The number of fused-ring (bicyclic) bond motifs is 1. The summed E-state index contributed by atoms with van der Waals surface area (Å²) in [6.07, 6.45) is 0. The molecule has 0 spiro atoms. The molecule has 2 aliphatic heterocycles. The number of anilines is 2. The van der Waals surface area contributed by atoms with E-state index in [0.717, 1.165) is 15.6 Å². The predicted molar refractivity (Wildman–Crippen MR) is 144 cm³/mol. The second-order valence-electron chi connectivity index (χ2n) is 8.16. The predicted octanol–water partition coefficient (Wildman–Crippen LogP) is 3.78. The van der Waals surface area contributed by atoms with E-state index in [4.69, 9.17) is 0 Å². The fourth-order valence-electron chi connectivity index (χ4n) is 4.29. The van der Waals surface area contributed by atoms with Gasteiger partial charge in [0.2, 0.25) is 0 Å². The quantitative estimate of drug-likeness (QED) is 0.424. The van der Waals surface area contributed by atoms with Gasteiger partial charge in [-0.15, -0.1) is 11.3 Å². The molecule has 1 amide bonds. The Labute approximate surface area is 209 Å². The number of carbonyl (C=O) groups excluding carboxylic acids is 1. The third-order valence-electron chi connectivity index (χ3n) is 5.98. The van der Waals surface area contributed by atoms with Crippen molar-refractivity contribution in [1.29, 1.82) is 0 Å². The minimum atomic E-state index is -0.244. The SMILES string of the molecule is CC1=NN(c2ccccc2)C(=O)C1=c1sc(=C2Sc3ccccc3N2C)c(=O)n1-c1ccccc1. The van der Waals surface area contributed by atoms with Crippen molar-refractivity contribution in [3.8, 4) is 5.69 Å². The van der Waals surface area contributed by atoms with Gasteiger partial charge in [-0.05, 0) is 43.3 Å². The third kappa shape index (κ3) is 3.45. The lowest BCUT2D eigenvalue weighted by atomic mass is 10.2. The van der Waals surface area contributed by atoms with E-state index < -0.39 is 0 Å². The highest BCUT2D eigenvalue weighted by Crippen LogP contribution is 2.45. The van der Waals surface area contributed by atoms with Gasteiger partial charge in [-0.2, -0.15) is 10.1 Å². The average Bonchev–Trinajstić information content (AvgIpc) is 3.50. The fraction of sp³-hybridized carbons (Fsp3) is 0.0741. The lowest BCUT2D eigenvalue weighted by Crippen LogP contribution is -2.34. The first kappa shape index (κ1) is 21.6. The molecule has 6 nitrogen and oxygen atoms in total. The standard InChI is InChI=1S/C27H20N4O2S2/c1-17-22(24(32)31(28-17)19-13-7-4-8-14-19)26-30(18-11-5-3-6-12-18)25(33)23(35-26)27-29(2)20-15-9-10-16-21(20)34-27/h3-16H,1-2H3. The van der Waals surface area contributed by atoms with Crippen LogP contribution in [0.4, 0.5) is 11.4 Å². The lowest BCUT2D eigenvalue weighted by molar-refractivity contribution is -0.112. The number of amides is 1. The zero-order valence-corrected chi connectivity index (χ0v) is 20.6. The molecule has 0 saturated heterocycles. The molecule has 6 rings (SSSR count). The molecular formula is C27H20N4O2S2. The Kier molecular flexibility index (Phi) is 5.20. The summed E-state index contributed by atoms with van der Waals surface area (Å²) in [6.45, 7) is 1.81. The molecule has 2 aliphatic rings. The van der Waals surface area contributed by atoms with Gasteiger partial charge in [-0.1, -0.05) is 60.3 Å². The highest BCUT2D eigenvalue weighted by Gasteiger charge is 2.32. The maximum Gasteiger partial charge on any atom is 0.283 e. The normalized spacial score (nSPS) is 18.2. The van der Waals surface area contributed by atoms with E-state index in [1.165, 1.54) is 16.3 Å². The molecule has 0 N–H and O–H groups in total. The van der Waals surface area contributed by atoms with Crippen molar-refractivity contribution in [1.82, 2.24) is 4.57 Å². The van der Waals surface area contributed by atoms with Gasteiger partial charge in [0.25, 0.3) is 11.5 Å². The lowest BCUT2D eigenvalue weighted by Gasteiger charge is -2.11. The van der Waals surface area contributed by atoms with Crippen LogP contribution in [0.25, 0.3) is 16.3 Å². The first-order chi connectivity index (χ1) is 17.0. The Hall–Kier alpha value is -3.88. The van der Waals surface area contributed by atoms with Crippen molar-refractivity contribution in [2.45, 2.75) is 11.8 Å². The Morgan fingerprint density at radius 3 is 2.11 bits per heavy atom. The first-order valence-corrected chi connectivity index (χ1v) is 12.7. The number of hydrogen-bond donors (Lipinski definition) is 0. The summed E-state index contributed by atoms with van der Waals surface area (Å²) in [5.41, 5.74) is 3.33. The van der Waals surface area contributed by atoms with Crippen LogP contribution in [0.2, 0.25) is 0 Å². The number of aromatic nitrogens is 1. The van der Waals surface area contributed by atoms with Crippen LogP contribution in [0.15, 0.2) is 99.7 Å². The molecule has 0 saturated carbocycles. The average molecular weight is 497 g/mol. The number of hydrazone groups is 1. The molecule has 8 heteroatoms. The third-order valence-corrected chi connectivity index (χ3v) is 8.50. The van der Waals surface area contributed by atoms with E-state index in [9.17, 15) is 9.59 Å². The van der Waals surface area contributed by atoms with Crippen molar-refractivity contribution in [2.75, 3.05) is 17.0 Å². The van der Waals surface area contributed by atoms with Gasteiger partial charge in [0, 0.05) is 11.9 Å². The van der Waals surface area contributed by atoms with Crippen molar-refractivity contribution in [3.05, 3.63) is 104 Å². The summed E-state index contributed by atoms with van der Waals surface area (Å²) in [5, 5.41) is 6.81. The summed E-state index contributed by atoms with van der Waals surface area (Å²) in [4.78, 5) is 30.7. The summed E-state index contributed by atoms with van der Waals surface area (Å²) in [6, 6.07) is 26.9. The highest BCUT2D eigenvalue weighted by atomic mass is 32.2. The summed E-state index contributed by atoms with van der Waals surface area (Å²) >= 11 is 2.92. The van der Waals surface area contributed by atoms with E-state index in [-0.39, 0.29) is 11.5 Å². The largest absolute Gasteiger partial charge is 0.337 e. The van der Waals surface area contributed by atoms with Gasteiger partial charge < -0.3 is 4.90 Å². The van der Waals surface area contributed by atoms with Crippen LogP contribution < -0.4 is 24.7 Å². The zero-order valence-electron chi connectivity index (χ0n) is 19.0. The van der Waals surface area contributed by atoms with Crippen LogP contribution >= 0.6 is 23.1 Å². The Bertz CT molecular complexity index is 1690. The van der Waals surface area contributed by atoms with Gasteiger partial charge >= 0.3 is 0 Å². The molecule has 3 heterocycles. The van der Waals surface area contributed by atoms with E-state index in [1.807, 2.05) is 97.7 Å². The maximum absolute atomic E-state index is 13.9. The highest BCUT2D eigenvalue weighted by molar-refractivity contribution is 8.08. The van der Waals surface area contributed by atoms with Crippen LogP contribution in [0, 0.1) is 0 Å². The minimum Gasteiger partial charge on any atom is -0.337 e.